The molecule has 0 atom stereocenters. The van der Waals surface area contributed by atoms with Gasteiger partial charge in [-0.15, -0.1) is 6.07 Å². The van der Waals surface area contributed by atoms with Gasteiger partial charge in [-0.05, 0) is 100 Å². The number of hydrogen-bond donors (Lipinski definition) is 0. The molecule has 0 radical (unpaired) electrons. The van der Waals surface area contributed by atoms with Gasteiger partial charge in [-0.1, -0.05) is 138 Å². The Morgan fingerprint density at radius 3 is 1.22 bits per heavy atom. The number of imidazole rings is 2. The van der Waals surface area contributed by atoms with E-state index in [1.165, 1.54) is 21.9 Å². The van der Waals surface area contributed by atoms with Gasteiger partial charge in [-0.25, -0.2) is 0 Å². The van der Waals surface area contributed by atoms with Crippen LogP contribution in [0.5, 0.6) is 0 Å². The van der Waals surface area contributed by atoms with E-state index in [4.69, 9.17) is 9.97 Å². The van der Waals surface area contributed by atoms with E-state index >= 15 is 0 Å². The number of aromatic nitrogens is 5. The molecule has 294 valence electrons. The van der Waals surface area contributed by atoms with Gasteiger partial charge in [-0.3, -0.25) is 9.97 Å². The van der Waals surface area contributed by atoms with Gasteiger partial charge < -0.3 is 13.7 Å². The summed E-state index contributed by atoms with van der Waals surface area (Å²) in [7, 11) is 4.61. The summed E-state index contributed by atoms with van der Waals surface area (Å²) in [6, 6.07) is 60.2. The predicted molar refractivity (Wildman–Crippen MR) is 243 cm³/mol. The topological polar surface area (TPSA) is 40.6 Å². The monoisotopic (exact) mass is 968 g/mol. The molecule has 10 aromatic rings. The third-order valence-electron chi connectivity index (χ3n) is 11.2. The second-order valence-electron chi connectivity index (χ2n) is 17.2. The average Bonchev–Trinajstić information content (AvgIpc) is 3.94. The third kappa shape index (κ3) is 6.91. The molecule has 0 aliphatic carbocycles. The molecule has 7 heteroatoms. The zero-order valence-corrected chi connectivity index (χ0v) is 37.0. The summed E-state index contributed by atoms with van der Waals surface area (Å²) in [4.78, 5) is 10.7. The maximum atomic E-state index is 5.34. The van der Waals surface area contributed by atoms with Crippen LogP contribution in [0.15, 0.2) is 158 Å². The molecule has 3 aromatic heterocycles. The molecule has 0 aliphatic heterocycles. The van der Waals surface area contributed by atoms with Crippen LogP contribution in [0.1, 0.15) is 52.7 Å². The van der Waals surface area contributed by atoms with Gasteiger partial charge in [0.05, 0.1) is 44.7 Å². The second-order valence-corrected chi connectivity index (χ2v) is 17.2. The Balaban J connectivity index is 0.00000221. The van der Waals surface area contributed by atoms with E-state index in [1.807, 2.05) is 0 Å². The fourth-order valence-corrected chi connectivity index (χ4v) is 8.25. The van der Waals surface area contributed by atoms with Crippen molar-refractivity contribution in [2.75, 3.05) is 0 Å². The van der Waals surface area contributed by atoms with Gasteiger partial charge in [-0.2, -0.15) is 0 Å². The van der Waals surface area contributed by atoms with Gasteiger partial charge in [0.2, 0.25) is 0 Å². The van der Waals surface area contributed by atoms with E-state index in [2.05, 4.69) is 228 Å². The molecule has 0 saturated heterocycles. The fourth-order valence-electron chi connectivity index (χ4n) is 8.25. The van der Waals surface area contributed by atoms with Crippen LogP contribution in [0.2, 0.25) is 0 Å². The molecule has 0 saturated carbocycles. The number of halogens is 1. The van der Waals surface area contributed by atoms with Gasteiger partial charge in [0, 0.05) is 22.1 Å². The zero-order chi connectivity index (χ0) is 41.1. The Kier molecular flexibility index (Phi) is 9.94. The summed E-state index contributed by atoms with van der Waals surface area (Å²) >= 11 is 1.61. The minimum atomic E-state index is -0.000658. The molecule has 0 unspecified atom stereocenters. The fraction of sp³-hybridized carbons (Fsp3) is 0.154. The summed E-state index contributed by atoms with van der Waals surface area (Å²) < 4.78 is 6.94. The first-order valence-electron chi connectivity index (χ1n) is 19.9. The van der Waals surface area contributed by atoms with Crippen LogP contribution in [0.4, 0.5) is 0 Å². The molecule has 0 amide bonds. The molecule has 7 aromatic carbocycles. The van der Waals surface area contributed by atoms with E-state index in [0.717, 1.165) is 72.9 Å². The average molecular weight is 969 g/mol. The van der Waals surface area contributed by atoms with Crippen molar-refractivity contribution in [3.05, 3.63) is 175 Å². The van der Waals surface area contributed by atoms with Gasteiger partial charge in [0.25, 0.3) is 0 Å². The minimum absolute atomic E-state index is 0.000658. The molecule has 0 fully saturated rings. The summed E-state index contributed by atoms with van der Waals surface area (Å²) in [6.45, 7) is 13.7. The molecular weight excluding hydrogens is 925 g/mol. The zero-order valence-electron chi connectivity index (χ0n) is 33.9. The molecule has 5 nitrogen and oxygen atoms in total. The van der Waals surface area contributed by atoms with E-state index in [0.29, 0.717) is 0 Å². The second kappa shape index (κ2) is 15.1. The number of para-hydroxylation sites is 6. The number of fused-ring (bicyclic) bond motifs is 5. The molecule has 0 aliphatic rings. The first-order chi connectivity index (χ1) is 28.5. The van der Waals surface area contributed by atoms with Crippen LogP contribution in [-0.4, -0.2) is 23.7 Å². The molecule has 3 heterocycles. The number of rotatable bonds is 5. The number of nitrogens with zero attached hydrogens (tertiary/aromatic N) is 5. The van der Waals surface area contributed by atoms with E-state index in [1.54, 1.807) is 18.8 Å². The first-order valence-corrected chi connectivity index (χ1v) is 22.7. The Bertz CT molecular complexity index is 2940. The molecule has 0 bridgehead atoms. The normalized spacial score (nSPS) is 12.1. The maximum absolute atomic E-state index is 5.34. The summed E-state index contributed by atoms with van der Waals surface area (Å²) in [5, 5.41) is 2.49. The van der Waals surface area contributed by atoms with E-state index in [-0.39, 0.29) is 10.8 Å². The van der Waals surface area contributed by atoms with Crippen LogP contribution < -0.4 is 0 Å². The molecule has 10 rings (SSSR count). The quantitative estimate of drug-likeness (QED) is 0.161. The molecule has 59 heavy (non-hydrogen) atoms. The van der Waals surface area contributed by atoms with Crippen LogP contribution in [0.25, 0.3) is 83.7 Å². The van der Waals surface area contributed by atoms with Crippen molar-refractivity contribution < 1.29 is 18.8 Å². The SMILES string of the molecule is CC(C)(C)c1ccc2c(c1)c1cc(C(C)(C)C)ccc1n2-c1cc(-c2nc3ccccc3n2-c2ccccc2)[c-]c(-c2nc3ccccc3n2-c2ccccc2)c1.[Cl][Pt+]. The van der Waals surface area contributed by atoms with Crippen LogP contribution in [-0.2, 0) is 29.6 Å². The van der Waals surface area contributed by atoms with Crippen molar-refractivity contribution >= 4 is 53.3 Å². The van der Waals surface area contributed by atoms with Gasteiger partial charge in [0.1, 0.15) is 0 Å². The summed E-state index contributed by atoms with van der Waals surface area (Å²) in [5.74, 6) is 1.64. The number of hydrogen-bond acceptors (Lipinski definition) is 2. The Morgan fingerprint density at radius 2 is 0.814 bits per heavy atom. The summed E-state index contributed by atoms with van der Waals surface area (Å²) in [5.41, 5.74) is 13.7. The van der Waals surface area contributed by atoms with Crippen molar-refractivity contribution in [1.82, 2.24) is 23.7 Å². The van der Waals surface area contributed by atoms with E-state index in [9.17, 15) is 0 Å². The van der Waals surface area contributed by atoms with Crippen molar-refractivity contribution in [2.24, 2.45) is 0 Å². The van der Waals surface area contributed by atoms with Gasteiger partial charge >= 0.3 is 28.2 Å². The standard InChI is InChI=1S/C52H44N5.ClH.Pt/c1-51(2,3)36-25-27-45-41(32-36)42-33-37(52(4,5)6)26-28-46(42)55(45)40-30-34(49-53-43-21-13-15-23-47(43)56(49)38-17-9-7-10-18-38)29-35(31-40)50-54-44-22-14-16-24-48(44)57(50)39-19-11-8-12-20-39;;/h7-28,30-33H,1-6H3;1H;/q-1;;+2/p-1. The predicted octanol–water partition coefficient (Wildman–Crippen LogP) is 13.9. The Hall–Kier alpha value is -5.74. The van der Waals surface area contributed by atoms with Crippen molar-refractivity contribution in [1.29, 1.82) is 0 Å². The Labute approximate surface area is 360 Å². The molecule has 0 spiro atoms. The van der Waals surface area contributed by atoms with Crippen molar-refractivity contribution in [3.8, 4) is 39.8 Å². The van der Waals surface area contributed by atoms with Gasteiger partial charge in [0.15, 0.2) is 0 Å². The molecular formula is C52H44ClN5Pt. The van der Waals surface area contributed by atoms with Crippen LogP contribution in [0.3, 0.4) is 0 Å². The van der Waals surface area contributed by atoms with Crippen LogP contribution >= 0.6 is 9.42 Å². The Morgan fingerprint density at radius 1 is 0.424 bits per heavy atom. The first kappa shape index (κ1) is 38.8. The van der Waals surface area contributed by atoms with Crippen molar-refractivity contribution in [2.45, 2.75) is 52.4 Å². The summed E-state index contributed by atoms with van der Waals surface area (Å²) in [6.07, 6.45) is 0. The van der Waals surface area contributed by atoms with E-state index < -0.39 is 0 Å². The number of benzene rings is 7. The van der Waals surface area contributed by atoms with Crippen molar-refractivity contribution in [3.63, 3.8) is 0 Å². The molecule has 0 N–H and O–H groups in total. The van der Waals surface area contributed by atoms with Crippen LogP contribution in [0, 0.1) is 6.07 Å². The third-order valence-corrected chi connectivity index (χ3v) is 11.2.